The van der Waals surface area contributed by atoms with Crippen LogP contribution in [0.2, 0.25) is 0 Å². The maximum atomic E-state index is 13.8. The number of aliphatic imine (C=N–C) groups is 1. The van der Waals surface area contributed by atoms with Crippen molar-refractivity contribution in [1.29, 1.82) is 0 Å². The van der Waals surface area contributed by atoms with Crippen LogP contribution in [-0.2, 0) is 4.79 Å². The molecule has 202 valence electrons. The van der Waals surface area contributed by atoms with E-state index in [9.17, 15) is 14.9 Å². The summed E-state index contributed by atoms with van der Waals surface area (Å²) in [6.45, 7) is 3.99. The number of amidine groups is 1. The molecule has 2 saturated carbocycles. The predicted molar refractivity (Wildman–Crippen MR) is 152 cm³/mol. The molecule has 9 heteroatoms. The summed E-state index contributed by atoms with van der Waals surface area (Å²) in [7, 11) is 1.51. The Labute approximate surface area is 228 Å². The number of nitrogens with zero attached hydrogens (tertiary/aromatic N) is 4. The third kappa shape index (κ3) is 5.25. The highest BCUT2D eigenvalue weighted by Crippen LogP contribution is 2.39. The van der Waals surface area contributed by atoms with E-state index in [-0.39, 0.29) is 17.6 Å². The van der Waals surface area contributed by atoms with Gasteiger partial charge in [0.25, 0.3) is 11.6 Å². The quantitative estimate of drug-likeness (QED) is 0.226. The van der Waals surface area contributed by atoms with Crippen molar-refractivity contribution in [2.75, 3.05) is 7.11 Å². The number of carbonyl (C=O) groups is 1. The summed E-state index contributed by atoms with van der Waals surface area (Å²) < 4.78 is 7.53. The summed E-state index contributed by atoms with van der Waals surface area (Å²) in [5.41, 5.74) is 3.55. The van der Waals surface area contributed by atoms with Crippen molar-refractivity contribution in [3.8, 4) is 11.4 Å². The average Bonchev–Trinajstić information content (AvgIpc) is 3.38. The van der Waals surface area contributed by atoms with E-state index in [1.54, 1.807) is 6.07 Å². The Balaban J connectivity index is 1.50. The molecule has 0 radical (unpaired) electrons. The van der Waals surface area contributed by atoms with Crippen molar-refractivity contribution in [3.63, 3.8) is 0 Å². The number of non-ortho nitro benzene ring substituents is 1. The van der Waals surface area contributed by atoms with Crippen LogP contribution in [0.4, 0.5) is 5.69 Å². The molecule has 2 heterocycles. The Morgan fingerprint density at radius 3 is 2.39 bits per heavy atom. The van der Waals surface area contributed by atoms with Gasteiger partial charge in [0.15, 0.2) is 5.17 Å². The number of ether oxygens (including phenoxy) is 1. The zero-order valence-electron chi connectivity index (χ0n) is 22.4. The van der Waals surface area contributed by atoms with E-state index in [1.807, 2.05) is 29.4 Å². The molecule has 1 amide bonds. The molecule has 0 N–H and O–H groups in total. The molecule has 1 aliphatic heterocycles. The number of rotatable bonds is 6. The molecule has 2 aromatic rings. The fourth-order valence-electron chi connectivity index (χ4n) is 6.01. The zero-order valence-corrected chi connectivity index (χ0v) is 23.3. The maximum absolute atomic E-state index is 13.8. The molecule has 1 aromatic heterocycles. The van der Waals surface area contributed by atoms with E-state index in [0.29, 0.717) is 16.7 Å². The number of carbonyl (C=O) groups excluding carboxylic acids is 1. The number of amides is 1. The van der Waals surface area contributed by atoms with Crippen molar-refractivity contribution in [2.45, 2.75) is 90.1 Å². The Morgan fingerprint density at radius 1 is 1.05 bits per heavy atom. The molecule has 38 heavy (non-hydrogen) atoms. The van der Waals surface area contributed by atoms with Crippen molar-refractivity contribution >= 4 is 34.6 Å². The predicted octanol–water partition coefficient (Wildman–Crippen LogP) is 6.95. The normalized spacial score (nSPS) is 21.6. The summed E-state index contributed by atoms with van der Waals surface area (Å²) in [5.74, 6) is 0.492. The lowest BCUT2D eigenvalue weighted by atomic mass is 9.94. The summed E-state index contributed by atoms with van der Waals surface area (Å²) in [5, 5.41) is 12.1. The van der Waals surface area contributed by atoms with E-state index < -0.39 is 4.92 Å². The zero-order chi connectivity index (χ0) is 26.8. The third-order valence-corrected chi connectivity index (χ3v) is 9.01. The maximum Gasteiger partial charge on any atom is 0.273 e. The van der Waals surface area contributed by atoms with Gasteiger partial charge in [-0.25, -0.2) is 0 Å². The van der Waals surface area contributed by atoms with Crippen LogP contribution in [0.1, 0.15) is 81.2 Å². The molecule has 8 nitrogen and oxygen atoms in total. The Kier molecular flexibility index (Phi) is 7.93. The highest BCUT2D eigenvalue weighted by atomic mass is 32.2. The van der Waals surface area contributed by atoms with Gasteiger partial charge in [-0.2, -0.15) is 0 Å². The van der Waals surface area contributed by atoms with Gasteiger partial charge in [-0.05, 0) is 75.1 Å². The minimum atomic E-state index is -0.426. The number of methoxy groups -OCH3 is 1. The average molecular weight is 537 g/mol. The number of benzene rings is 1. The Hall–Kier alpha value is -3.07. The highest BCUT2D eigenvalue weighted by Gasteiger charge is 2.39. The first-order chi connectivity index (χ1) is 18.4. The largest absolute Gasteiger partial charge is 0.494 e. The van der Waals surface area contributed by atoms with Crippen LogP contribution in [0.25, 0.3) is 11.8 Å². The van der Waals surface area contributed by atoms with Crippen LogP contribution in [0, 0.1) is 24.0 Å². The first-order valence-corrected chi connectivity index (χ1v) is 14.5. The van der Waals surface area contributed by atoms with Crippen LogP contribution in [0.15, 0.2) is 34.2 Å². The minimum absolute atomic E-state index is 0.0176. The van der Waals surface area contributed by atoms with Gasteiger partial charge >= 0.3 is 0 Å². The first kappa shape index (κ1) is 26.5. The van der Waals surface area contributed by atoms with Crippen LogP contribution >= 0.6 is 11.8 Å². The molecule has 0 unspecified atom stereocenters. The monoisotopic (exact) mass is 536 g/mol. The topological polar surface area (TPSA) is 90.0 Å². The van der Waals surface area contributed by atoms with E-state index in [1.165, 1.54) is 56.7 Å². The molecule has 3 fully saturated rings. The summed E-state index contributed by atoms with van der Waals surface area (Å²) in [4.78, 5) is 32.5. The van der Waals surface area contributed by atoms with E-state index in [0.717, 1.165) is 66.3 Å². The van der Waals surface area contributed by atoms with Gasteiger partial charge in [-0.15, -0.1) is 0 Å². The number of aryl methyl sites for hydroxylation is 1. The van der Waals surface area contributed by atoms with Gasteiger partial charge in [0, 0.05) is 23.5 Å². The van der Waals surface area contributed by atoms with Gasteiger partial charge in [0.1, 0.15) is 5.75 Å². The molecule has 2 aliphatic carbocycles. The fourth-order valence-corrected chi connectivity index (χ4v) is 7.11. The molecule has 3 aliphatic rings. The minimum Gasteiger partial charge on any atom is -0.494 e. The standard InChI is InChI=1S/C29H36N4O4S/c1-19-16-21(20(2)31(19)25-15-14-24(33(35)36)18-26(25)37-3)17-27-28(34)32(23-12-8-5-9-13-23)29(38-27)30-22-10-6-4-7-11-22/h14-18,22-23H,4-13H2,1-3H3. The number of hydrogen-bond donors (Lipinski definition) is 0. The highest BCUT2D eigenvalue weighted by molar-refractivity contribution is 8.18. The summed E-state index contributed by atoms with van der Waals surface area (Å²) in [6.07, 6.45) is 13.5. The van der Waals surface area contributed by atoms with Crippen LogP contribution in [0.3, 0.4) is 0 Å². The van der Waals surface area contributed by atoms with E-state index in [4.69, 9.17) is 9.73 Å². The van der Waals surface area contributed by atoms with Crippen LogP contribution in [0.5, 0.6) is 5.75 Å². The lowest BCUT2D eigenvalue weighted by molar-refractivity contribution is -0.384. The third-order valence-electron chi connectivity index (χ3n) is 8.02. The molecular weight excluding hydrogens is 500 g/mol. The number of thioether (sulfide) groups is 1. The fraction of sp³-hybridized carbons (Fsp3) is 0.517. The van der Waals surface area contributed by atoms with Crippen molar-refractivity contribution in [1.82, 2.24) is 9.47 Å². The van der Waals surface area contributed by atoms with Crippen molar-refractivity contribution < 1.29 is 14.5 Å². The lowest BCUT2D eigenvalue weighted by Crippen LogP contribution is -2.41. The van der Waals surface area contributed by atoms with Crippen molar-refractivity contribution in [2.24, 2.45) is 4.99 Å². The number of hydrogen-bond acceptors (Lipinski definition) is 6. The van der Waals surface area contributed by atoms with E-state index in [2.05, 4.69) is 6.07 Å². The second-order valence-corrected chi connectivity index (χ2v) is 11.6. The summed E-state index contributed by atoms with van der Waals surface area (Å²) >= 11 is 1.52. The number of nitro groups is 1. The van der Waals surface area contributed by atoms with E-state index >= 15 is 0 Å². The lowest BCUT2D eigenvalue weighted by Gasteiger charge is -2.31. The number of nitro benzene ring substituents is 1. The van der Waals surface area contributed by atoms with Crippen molar-refractivity contribution in [3.05, 3.63) is 56.2 Å². The summed E-state index contributed by atoms with van der Waals surface area (Å²) in [6, 6.07) is 7.24. The Morgan fingerprint density at radius 2 is 1.74 bits per heavy atom. The van der Waals surface area contributed by atoms with Gasteiger partial charge in [-0.3, -0.25) is 24.8 Å². The van der Waals surface area contributed by atoms with Gasteiger partial charge in [-0.1, -0.05) is 38.5 Å². The molecular formula is C29H36N4O4S. The molecule has 0 bridgehead atoms. The SMILES string of the molecule is COc1cc([N+](=O)[O-])ccc1-n1c(C)cc(C=C2SC(=NC3CCCCC3)N(C3CCCCC3)C2=O)c1C. The smallest absolute Gasteiger partial charge is 0.273 e. The van der Waals surface area contributed by atoms with Crippen LogP contribution < -0.4 is 4.74 Å². The van der Waals surface area contributed by atoms with Gasteiger partial charge < -0.3 is 9.30 Å². The molecule has 0 spiro atoms. The second-order valence-electron chi connectivity index (χ2n) is 10.6. The Bertz CT molecular complexity index is 1290. The van der Waals surface area contributed by atoms with Gasteiger partial charge in [0.05, 0.1) is 34.7 Å². The number of aromatic nitrogens is 1. The van der Waals surface area contributed by atoms with Gasteiger partial charge in [0.2, 0.25) is 0 Å². The molecule has 5 rings (SSSR count). The molecule has 0 atom stereocenters. The molecule has 1 aromatic carbocycles. The second kappa shape index (κ2) is 11.4. The van der Waals surface area contributed by atoms with Crippen LogP contribution in [-0.4, -0.2) is 44.7 Å². The molecule has 1 saturated heterocycles. The first-order valence-electron chi connectivity index (χ1n) is 13.7.